The Bertz CT molecular complexity index is 439. The molecule has 1 heterocycles. The van der Waals surface area contributed by atoms with E-state index in [2.05, 4.69) is 31.8 Å². The summed E-state index contributed by atoms with van der Waals surface area (Å²) in [7, 11) is 0. The Morgan fingerprint density at radius 1 is 1.43 bits per heavy atom. The number of fused-ring (bicyclic) bond motifs is 1. The standard InChI is InChI=1S/C10H11BrN2O/c11-8-1-2-10-9(5-8)7(6-13-10)3-4-14-12/h1-2,5-6,13H,3-4,12H2. The van der Waals surface area contributed by atoms with Gasteiger partial charge in [0.15, 0.2) is 0 Å². The maximum Gasteiger partial charge on any atom is 0.0720 e. The number of hydrogen-bond acceptors (Lipinski definition) is 2. The van der Waals surface area contributed by atoms with E-state index in [0.717, 1.165) is 16.4 Å². The van der Waals surface area contributed by atoms with Crippen LogP contribution >= 0.6 is 15.9 Å². The van der Waals surface area contributed by atoms with Crippen LogP contribution in [-0.2, 0) is 11.3 Å². The molecule has 0 spiro atoms. The molecule has 0 aliphatic rings. The summed E-state index contributed by atoms with van der Waals surface area (Å²) in [6.07, 6.45) is 2.82. The monoisotopic (exact) mass is 254 g/mol. The molecule has 0 amide bonds. The summed E-state index contributed by atoms with van der Waals surface area (Å²) < 4.78 is 1.08. The zero-order valence-electron chi connectivity index (χ0n) is 7.59. The molecule has 1 aromatic heterocycles. The maximum atomic E-state index is 5.00. The molecule has 0 unspecified atom stereocenters. The number of H-pyrrole nitrogens is 1. The molecule has 4 heteroatoms. The highest BCUT2D eigenvalue weighted by Crippen LogP contribution is 2.22. The molecule has 0 saturated carbocycles. The minimum absolute atomic E-state index is 0.541. The molecule has 0 fully saturated rings. The van der Waals surface area contributed by atoms with Gasteiger partial charge in [-0.15, -0.1) is 0 Å². The van der Waals surface area contributed by atoms with Crippen LogP contribution in [0.4, 0.5) is 0 Å². The van der Waals surface area contributed by atoms with Gasteiger partial charge in [0.05, 0.1) is 6.61 Å². The molecule has 3 N–H and O–H groups in total. The average Bonchev–Trinajstić information content (AvgIpc) is 2.57. The predicted molar refractivity (Wildman–Crippen MR) is 59.8 cm³/mol. The van der Waals surface area contributed by atoms with E-state index in [1.807, 2.05) is 18.3 Å². The van der Waals surface area contributed by atoms with Crippen LogP contribution in [-0.4, -0.2) is 11.6 Å². The Kier molecular flexibility index (Phi) is 2.86. The lowest BCUT2D eigenvalue weighted by Gasteiger charge is -1.98. The Labute approximate surface area is 90.3 Å². The van der Waals surface area contributed by atoms with Gasteiger partial charge >= 0.3 is 0 Å². The average molecular weight is 255 g/mol. The van der Waals surface area contributed by atoms with E-state index in [4.69, 9.17) is 5.90 Å². The lowest BCUT2D eigenvalue weighted by molar-refractivity contribution is 0.141. The highest BCUT2D eigenvalue weighted by atomic mass is 79.9. The van der Waals surface area contributed by atoms with Crippen molar-refractivity contribution in [3.05, 3.63) is 34.4 Å². The van der Waals surface area contributed by atoms with Gasteiger partial charge in [0.2, 0.25) is 0 Å². The van der Waals surface area contributed by atoms with Gasteiger partial charge in [-0.2, -0.15) is 0 Å². The van der Waals surface area contributed by atoms with Crippen LogP contribution in [0.15, 0.2) is 28.9 Å². The summed E-state index contributed by atoms with van der Waals surface area (Å²) >= 11 is 3.45. The summed E-state index contributed by atoms with van der Waals surface area (Å²) in [5, 5.41) is 1.22. The minimum atomic E-state index is 0.541. The van der Waals surface area contributed by atoms with E-state index in [1.165, 1.54) is 10.9 Å². The fraction of sp³-hybridized carbons (Fsp3) is 0.200. The highest BCUT2D eigenvalue weighted by molar-refractivity contribution is 9.10. The van der Waals surface area contributed by atoms with Gasteiger partial charge in [0.25, 0.3) is 0 Å². The number of nitrogens with one attached hydrogen (secondary N) is 1. The molecule has 0 atom stereocenters. The smallest absolute Gasteiger partial charge is 0.0720 e. The first-order valence-corrected chi connectivity index (χ1v) is 5.18. The molecule has 3 nitrogen and oxygen atoms in total. The van der Waals surface area contributed by atoms with E-state index in [9.17, 15) is 0 Å². The third-order valence-corrected chi connectivity index (χ3v) is 2.71. The molecule has 2 aromatic rings. The van der Waals surface area contributed by atoms with Crippen LogP contribution in [0.1, 0.15) is 5.56 Å². The van der Waals surface area contributed by atoms with Crippen LogP contribution in [0.3, 0.4) is 0 Å². The molecule has 14 heavy (non-hydrogen) atoms. The van der Waals surface area contributed by atoms with E-state index in [-0.39, 0.29) is 0 Å². The van der Waals surface area contributed by atoms with Gasteiger partial charge < -0.3 is 9.82 Å². The van der Waals surface area contributed by atoms with E-state index < -0.39 is 0 Å². The van der Waals surface area contributed by atoms with Gasteiger partial charge in [-0.05, 0) is 30.2 Å². The Balaban J connectivity index is 2.40. The molecule has 0 aliphatic heterocycles. The van der Waals surface area contributed by atoms with Crippen LogP contribution in [0.2, 0.25) is 0 Å². The van der Waals surface area contributed by atoms with Gasteiger partial charge in [0.1, 0.15) is 0 Å². The molecule has 2 rings (SSSR count). The van der Waals surface area contributed by atoms with Gasteiger partial charge in [0, 0.05) is 21.6 Å². The second kappa shape index (κ2) is 4.13. The highest BCUT2D eigenvalue weighted by Gasteiger charge is 2.03. The minimum Gasteiger partial charge on any atom is -0.361 e. The second-order valence-electron chi connectivity index (χ2n) is 3.12. The first-order valence-electron chi connectivity index (χ1n) is 4.38. The second-order valence-corrected chi connectivity index (χ2v) is 4.04. The first kappa shape index (κ1) is 9.71. The van der Waals surface area contributed by atoms with Crippen molar-refractivity contribution in [2.24, 2.45) is 5.90 Å². The molecule has 0 saturated heterocycles. The van der Waals surface area contributed by atoms with Crippen molar-refractivity contribution in [2.45, 2.75) is 6.42 Å². The third kappa shape index (κ3) is 1.82. The van der Waals surface area contributed by atoms with Gasteiger partial charge in [-0.25, -0.2) is 5.90 Å². The summed E-state index contributed by atoms with van der Waals surface area (Å²) in [4.78, 5) is 7.78. The van der Waals surface area contributed by atoms with E-state index in [1.54, 1.807) is 0 Å². The SMILES string of the molecule is NOCCc1c[nH]c2ccc(Br)cc12. The summed E-state index contributed by atoms with van der Waals surface area (Å²) in [6.45, 7) is 0.541. The molecular weight excluding hydrogens is 244 g/mol. The predicted octanol–water partition coefficient (Wildman–Crippen LogP) is 2.36. The molecule has 74 valence electrons. The number of halogens is 1. The lowest BCUT2D eigenvalue weighted by Crippen LogP contribution is -2.03. The summed E-state index contributed by atoms with van der Waals surface area (Å²) in [5.41, 5.74) is 2.37. The topological polar surface area (TPSA) is 51.0 Å². The Morgan fingerprint density at radius 3 is 3.07 bits per heavy atom. The van der Waals surface area contributed by atoms with Crippen molar-refractivity contribution >= 4 is 26.8 Å². The van der Waals surface area contributed by atoms with Gasteiger partial charge in [-0.1, -0.05) is 15.9 Å². The first-order chi connectivity index (χ1) is 6.81. The Hall–Kier alpha value is -0.840. The van der Waals surface area contributed by atoms with Crippen molar-refractivity contribution in [3.63, 3.8) is 0 Å². The van der Waals surface area contributed by atoms with Gasteiger partial charge in [-0.3, -0.25) is 0 Å². The number of nitrogens with two attached hydrogens (primary N) is 1. The summed E-state index contributed by atoms with van der Waals surface area (Å²) in [6, 6.07) is 6.16. The molecule has 1 aromatic carbocycles. The van der Waals surface area contributed by atoms with E-state index in [0.29, 0.717) is 6.61 Å². The fourth-order valence-electron chi connectivity index (χ4n) is 1.53. The van der Waals surface area contributed by atoms with Crippen LogP contribution in [0, 0.1) is 0 Å². The largest absolute Gasteiger partial charge is 0.361 e. The van der Waals surface area contributed by atoms with Crippen molar-refractivity contribution in [1.82, 2.24) is 4.98 Å². The zero-order chi connectivity index (χ0) is 9.97. The van der Waals surface area contributed by atoms with Crippen LogP contribution < -0.4 is 5.90 Å². The molecule has 0 aliphatic carbocycles. The number of rotatable bonds is 3. The molecular formula is C10H11BrN2O. The quantitative estimate of drug-likeness (QED) is 0.827. The summed E-state index contributed by atoms with van der Waals surface area (Å²) in [5.74, 6) is 5.00. The lowest BCUT2D eigenvalue weighted by atomic mass is 10.1. The third-order valence-electron chi connectivity index (χ3n) is 2.22. The number of aromatic nitrogens is 1. The number of hydrogen-bond donors (Lipinski definition) is 2. The number of benzene rings is 1. The van der Waals surface area contributed by atoms with Crippen LogP contribution in [0.25, 0.3) is 10.9 Å². The number of aromatic amines is 1. The maximum absolute atomic E-state index is 5.00. The van der Waals surface area contributed by atoms with E-state index >= 15 is 0 Å². The molecule has 0 radical (unpaired) electrons. The Morgan fingerprint density at radius 2 is 2.29 bits per heavy atom. The normalized spacial score (nSPS) is 11.0. The van der Waals surface area contributed by atoms with Crippen molar-refractivity contribution < 1.29 is 4.84 Å². The van der Waals surface area contributed by atoms with Crippen LogP contribution in [0.5, 0.6) is 0 Å². The van der Waals surface area contributed by atoms with Crippen molar-refractivity contribution in [1.29, 1.82) is 0 Å². The molecule has 0 bridgehead atoms. The zero-order valence-corrected chi connectivity index (χ0v) is 9.17. The van der Waals surface area contributed by atoms with Crippen molar-refractivity contribution in [3.8, 4) is 0 Å². The fourth-order valence-corrected chi connectivity index (χ4v) is 1.89. The van der Waals surface area contributed by atoms with Crippen molar-refractivity contribution in [2.75, 3.05) is 6.61 Å².